The number of esters is 1. The predicted molar refractivity (Wildman–Crippen MR) is 82.7 cm³/mol. The van der Waals surface area contributed by atoms with Crippen molar-refractivity contribution in [3.05, 3.63) is 48.6 Å². The van der Waals surface area contributed by atoms with Crippen LogP contribution < -0.4 is 0 Å². The van der Waals surface area contributed by atoms with Crippen molar-refractivity contribution >= 4 is 21.9 Å². The molecule has 1 unspecified atom stereocenters. The SMILES string of the molecule is C=CC(=O)OC(OCC(F)(F)S(=O)(=O)O)(C(=O)Cc1ccccc1)C(F)(F)F. The van der Waals surface area contributed by atoms with Gasteiger partial charge in [-0.05, 0) is 5.56 Å². The van der Waals surface area contributed by atoms with E-state index in [-0.39, 0.29) is 11.6 Å². The molecule has 0 saturated heterocycles. The van der Waals surface area contributed by atoms with Crippen LogP contribution in [0.1, 0.15) is 5.56 Å². The van der Waals surface area contributed by atoms with E-state index in [0.717, 1.165) is 0 Å². The molecule has 0 aliphatic heterocycles. The Bertz CT molecular complexity index is 836. The summed E-state index contributed by atoms with van der Waals surface area (Å²) < 4.78 is 105. The summed E-state index contributed by atoms with van der Waals surface area (Å²) in [5.41, 5.74) is -0.0130. The molecule has 13 heteroatoms. The Balaban J connectivity index is 3.39. The standard InChI is InChI=1S/C15H13F5O7S/c1-2-12(22)27-14(15(18,19)20,26-9-13(16,17)28(23,24)25)11(21)8-10-6-4-3-5-7-10/h2-7H,1,8-9H2,(H,23,24,25). The highest BCUT2D eigenvalue weighted by Gasteiger charge is 2.66. The summed E-state index contributed by atoms with van der Waals surface area (Å²) >= 11 is 0. The van der Waals surface area contributed by atoms with Gasteiger partial charge in [0, 0.05) is 12.5 Å². The van der Waals surface area contributed by atoms with Crippen molar-refractivity contribution in [2.75, 3.05) is 6.61 Å². The average molecular weight is 432 g/mol. The summed E-state index contributed by atoms with van der Waals surface area (Å²) in [6, 6.07) is 6.65. The average Bonchev–Trinajstić information content (AvgIpc) is 2.57. The molecule has 7 nitrogen and oxygen atoms in total. The lowest BCUT2D eigenvalue weighted by Crippen LogP contribution is -2.59. The lowest BCUT2D eigenvalue weighted by Gasteiger charge is -2.33. The van der Waals surface area contributed by atoms with Gasteiger partial charge in [-0.25, -0.2) is 4.79 Å². The molecule has 0 spiro atoms. The maximum atomic E-state index is 13.6. The molecule has 0 radical (unpaired) electrons. The summed E-state index contributed by atoms with van der Waals surface area (Å²) in [7, 11) is -6.19. The first-order valence-corrected chi connectivity index (χ1v) is 8.58. The van der Waals surface area contributed by atoms with E-state index in [0.29, 0.717) is 0 Å². The molecule has 0 fully saturated rings. The largest absolute Gasteiger partial charge is 0.464 e. The van der Waals surface area contributed by atoms with Crippen molar-refractivity contribution in [3.8, 4) is 0 Å². The molecular formula is C15H13F5O7S. The van der Waals surface area contributed by atoms with E-state index in [4.69, 9.17) is 4.55 Å². The Morgan fingerprint density at radius 3 is 2.07 bits per heavy atom. The number of carbonyl (C=O) groups is 2. The summed E-state index contributed by atoms with van der Waals surface area (Å²) in [5.74, 6) is -8.44. The van der Waals surface area contributed by atoms with Crippen molar-refractivity contribution < 1.29 is 54.0 Å². The molecule has 0 amide bonds. The molecule has 1 aromatic carbocycles. The van der Waals surface area contributed by atoms with Gasteiger partial charge in [0.15, 0.2) is 0 Å². The van der Waals surface area contributed by atoms with E-state index < -0.39 is 52.1 Å². The van der Waals surface area contributed by atoms with Crippen LogP contribution in [0.3, 0.4) is 0 Å². The zero-order chi connectivity index (χ0) is 21.8. The van der Waals surface area contributed by atoms with Gasteiger partial charge in [0.05, 0.1) is 0 Å². The normalized spacial score (nSPS) is 14.8. The van der Waals surface area contributed by atoms with E-state index in [2.05, 4.69) is 16.1 Å². The van der Waals surface area contributed by atoms with E-state index in [1.807, 2.05) is 0 Å². The highest BCUT2D eigenvalue weighted by molar-refractivity contribution is 7.86. The fourth-order valence-corrected chi connectivity index (χ4v) is 2.01. The van der Waals surface area contributed by atoms with Crippen LogP contribution in [-0.4, -0.2) is 48.5 Å². The van der Waals surface area contributed by atoms with Crippen LogP contribution in [-0.2, 0) is 35.6 Å². The number of hydrogen-bond acceptors (Lipinski definition) is 6. The van der Waals surface area contributed by atoms with Gasteiger partial charge in [-0.1, -0.05) is 36.9 Å². The number of Topliss-reactive ketones (excluding diaryl/α,β-unsaturated/α-hetero) is 1. The van der Waals surface area contributed by atoms with Crippen LogP contribution >= 0.6 is 0 Å². The molecule has 1 atom stereocenters. The molecule has 1 aromatic rings. The van der Waals surface area contributed by atoms with Crippen molar-refractivity contribution in [1.29, 1.82) is 0 Å². The third-order valence-electron chi connectivity index (χ3n) is 3.18. The van der Waals surface area contributed by atoms with Crippen LogP contribution in [0.4, 0.5) is 22.0 Å². The fraction of sp³-hybridized carbons (Fsp3) is 0.333. The van der Waals surface area contributed by atoms with Gasteiger partial charge >= 0.3 is 33.3 Å². The van der Waals surface area contributed by atoms with Gasteiger partial charge in [-0.3, -0.25) is 9.35 Å². The quantitative estimate of drug-likeness (QED) is 0.210. The maximum Gasteiger partial charge on any atom is 0.464 e. The van der Waals surface area contributed by atoms with Crippen molar-refractivity contribution in [2.24, 2.45) is 0 Å². The topological polar surface area (TPSA) is 107 Å². The van der Waals surface area contributed by atoms with Crippen LogP contribution in [0.15, 0.2) is 43.0 Å². The second-order valence-corrected chi connectivity index (χ2v) is 6.77. The van der Waals surface area contributed by atoms with Gasteiger partial charge in [-0.15, -0.1) is 0 Å². The smallest absolute Gasteiger partial charge is 0.413 e. The number of benzene rings is 1. The molecule has 1 N–H and O–H groups in total. The second kappa shape index (κ2) is 8.32. The molecule has 0 bridgehead atoms. The summed E-state index contributed by atoms with van der Waals surface area (Å²) in [6.07, 6.45) is -6.74. The number of hydrogen-bond donors (Lipinski definition) is 1. The van der Waals surface area contributed by atoms with E-state index in [1.54, 1.807) is 0 Å². The first kappa shape index (κ1) is 23.7. The molecule has 0 heterocycles. The Labute approximate surface area is 155 Å². The lowest BCUT2D eigenvalue weighted by atomic mass is 10.0. The van der Waals surface area contributed by atoms with Crippen LogP contribution in [0, 0.1) is 0 Å². The van der Waals surface area contributed by atoms with E-state index in [9.17, 15) is 40.0 Å². The van der Waals surface area contributed by atoms with Crippen LogP contribution in [0.2, 0.25) is 0 Å². The number of rotatable bonds is 9. The first-order chi connectivity index (χ1) is 12.7. The molecule has 1 rings (SSSR count). The van der Waals surface area contributed by atoms with Gasteiger partial charge in [-0.2, -0.15) is 30.4 Å². The van der Waals surface area contributed by atoms with Gasteiger partial charge in [0.1, 0.15) is 6.61 Å². The molecule has 0 saturated carbocycles. The number of alkyl halides is 5. The van der Waals surface area contributed by atoms with E-state index in [1.165, 1.54) is 30.3 Å². The fourth-order valence-electron chi connectivity index (χ4n) is 1.81. The first-order valence-electron chi connectivity index (χ1n) is 7.14. The third-order valence-corrected chi connectivity index (χ3v) is 4.05. The van der Waals surface area contributed by atoms with Crippen molar-refractivity contribution in [3.63, 3.8) is 0 Å². The monoisotopic (exact) mass is 432 g/mol. The minimum Gasteiger partial charge on any atom is -0.413 e. The molecule has 0 aromatic heterocycles. The zero-order valence-corrected chi connectivity index (χ0v) is 14.6. The number of carbonyl (C=O) groups excluding carboxylic acids is 2. The van der Waals surface area contributed by atoms with Crippen molar-refractivity contribution in [1.82, 2.24) is 0 Å². The molecule has 156 valence electrons. The number of halogens is 5. The van der Waals surface area contributed by atoms with Gasteiger partial charge < -0.3 is 9.47 Å². The van der Waals surface area contributed by atoms with Gasteiger partial charge in [0.2, 0.25) is 5.78 Å². The second-order valence-electron chi connectivity index (χ2n) is 5.23. The Morgan fingerprint density at radius 1 is 1.11 bits per heavy atom. The predicted octanol–water partition coefficient (Wildman–Crippen LogP) is 2.28. The van der Waals surface area contributed by atoms with E-state index >= 15 is 0 Å². The Hall–Kier alpha value is -2.38. The number of ketones is 1. The summed E-state index contributed by atoms with van der Waals surface area (Å²) in [4.78, 5) is 23.6. The summed E-state index contributed by atoms with van der Waals surface area (Å²) in [6.45, 7) is 0.197. The Morgan fingerprint density at radius 2 is 1.64 bits per heavy atom. The van der Waals surface area contributed by atoms with Crippen LogP contribution in [0.25, 0.3) is 0 Å². The third kappa shape index (κ3) is 5.33. The van der Waals surface area contributed by atoms with Gasteiger partial charge in [0.25, 0.3) is 0 Å². The Kier molecular flexibility index (Phi) is 7.03. The molecule has 0 aliphatic carbocycles. The highest BCUT2D eigenvalue weighted by atomic mass is 32.2. The molecule has 0 aliphatic rings. The lowest BCUT2D eigenvalue weighted by molar-refractivity contribution is -0.351. The minimum atomic E-state index is -6.19. The minimum absolute atomic E-state index is 0.0130. The molecular weight excluding hydrogens is 419 g/mol. The summed E-state index contributed by atoms with van der Waals surface area (Å²) in [5, 5.41) is -5.23. The number of ether oxygens (including phenoxy) is 2. The zero-order valence-electron chi connectivity index (χ0n) is 13.8. The molecule has 28 heavy (non-hydrogen) atoms. The van der Waals surface area contributed by atoms with Crippen LogP contribution in [0.5, 0.6) is 0 Å². The maximum absolute atomic E-state index is 13.6. The van der Waals surface area contributed by atoms with Crippen molar-refractivity contribution in [2.45, 2.75) is 23.6 Å². The highest BCUT2D eigenvalue weighted by Crippen LogP contribution is 2.38.